The lowest BCUT2D eigenvalue weighted by molar-refractivity contribution is 0.0947. The van der Waals surface area contributed by atoms with E-state index in [1.807, 2.05) is 6.07 Å². The Hall–Kier alpha value is -3.79. The van der Waals surface area contributed by atoms with E-state index in [0.29, 0.717) is 34.1 Å². The molecule has 27 heavy (non-hydrogen) atoms. The molecule has 7 heteroatoms. The topological polar surface area (TPSA) is 97.4 Å². The second kappa shape index (κ2) is 8.54. The number of nitriles is 1. The zero-order valence-corrected chi connectivity index (χ0v) is 14.6. The molecule has 0 aliphatic heterocycles. The minimum absolute atomic E-state index is 0.217. The molecule has 0 aliphatic rings. The van der Waals surface area contributed by atoms with Gasteiger partial charge >= 0.3 is 0 Å². The summed E-state index contributed by atoms with van der Waals surface area (Å²) in [6.45, 7) is 0.441. The molecule has 3 rings (SSSR count). The van der Waals surface area contributed by atoms with Crippen LogP contribution in [0.2, 0.25) is 0 Å². The van der Waals surface area contributed by atoms with E-state index in [9.17, 15) is 4.79 Å². The Labute approximate surface area is 156 Å². The molecule has 0 saturated carbocycles. The van der Waals surface area contributed by atoms with Crippen LogP contribution in [0.5, 0.6) is 11.5 Å². The first-order valence-corrected chi connectivity index (χ1v) is 8.17. The number of ether oxygens (including phenoxy) is 2. The molecule has 1 N–H and O–H groups in total. The summed E-state index contributed by atoms with van der Waals surface area (Å²) < 4.78 is 15.9. The van der Waals surface area contributed by atoms with Crippen molar-refractivity contribution in [3.05, 3.63) is 77.2 Å². The summed E-state index contributed by atoms with van der Waals surface area (Å²) in [4.78, 5) is 12.1. The number of methoxy groups -OCH3 is 1. The summed E-state index contributed by atoms with van der Waals surface area (Å²) >= 11 is 0. The van der Waals surface area contributed by atoms with Crippen molar-refractivity contribution in [1.29, 1.82) is 5.26 Å². The van der Waals surface area contributed by atoms with Gasteiger partial charge in [0.15, 0.2) is 5.76 Å². The Kier molecular flexibility index (Phi) is 5.70. The number of carbonyl (C=O) groups is 1. The molecule has 1 aromatic heterocycles. The third kappa shape index (κ3) is 4.86. The van der Waals surface area contributed by atoms with Gasteiger partial charge in [-0.25, -0.2) is 0 Å². The lowest BCUT2D eigenvalue weighted by Crippen LogP contribution is -2.22. The van der Waals surface area contributed by atoms with Crippen molar-refractivity contribution < 1.29 is 18.8 Å². The third-order valence-electron chi connectivity index (χ3n) is 3.75. The largest absolute Gasteiger partial charge is 0.497 e. The minimum atomic E-state index is -0.218. The fourth-order valence-electron chi connectivity index (χ4n) is 2.30. The normalized spacial score (nSPS) is 10.1. The Morgan fingerprint density at radius 3 is 2.52 bits per heavy atom. The molecule has 0 spiro atoms. The number of hydrogen-bond donors (Lipinski definition) is 1. The molecule has 0 atom stereocenters. The SMILES string of the molecule is COc1ccc(C(=O)NCc2cc(COc3ccc(C#N)cc3)no2)cc1. The van der Waals surface area contributed by atoms with Crippen LogP contribution in [-0.4, -0.2) is 18.2 Å². The highest BCUT2D eigenvalue weighted by molar-refractivity contribution is 5.94. The first-order chi connectivity index (χ1) is 13.2. The van der Waals surface area contributed by atoms with Gasteiger partial charge < -0.3 is 19.3 Å². The molecule has 2 aromatic carbocycles. The standard InChI is InChI=1S/C20H17N3O4/c1-25-17-8-4-15(5-9-17)20(24)22-12-19-10-16(23-27-19)13-26-18-6-2-14(11-21)3-7-18/h2-10H,12-13H2,1H3,(H,22,24). The molecule has 1 heterocycles. The Morgan fingerprint density at radius 1 is 1.15 bits per heavy atom. The number of benzene rings is 2. The van der Waals surface area contributed by atoms with Crippen LogP contribution in [0, 0.1) is 11.3 Å². The average molecular weight is 363 g/mol. The van der Waals surface area contributed by atoms with E-state index in [4.69, 9.17) is 19.3 Å². The van der Waals surface area contributed by atoms with Gasteiger partial charge in [-0.1, -0.05) is 5.16 Å². The van der Waals surface area contributed by atoms with Crippen LogP contribution in [0.3, 0.4) is 0 Å². The summed E-state index contributed by atoms with van der Waals surface area (Å²) in [5, 5.41) is 15.5. The maximum atomic E-state index is 12.1. The summed E-state index contributed by atoms with van der Waals surface area (Å²) in [6, 6.07) is 17.4. The molecule has 0 unspecified atom stereocenters. The molecule has 0 fully saturated rings. The quantitative estimate of drug-likeness (QED) is 0.693. The summed E-state index contributed by atoms with van der Waals surface area (Å²) in [5.41, 5.74) is 1.70. The predicted molar refractivity (Wildman–Crippen MR) is 96.2 cm³/mol. The van der Waals surface area contributed by atoms with E-state index in [-0.39, 0.29) is 19.1 Å². The molecule has 1 amide bonds. The first kappa shape index (κ1) is 18.0. The Balaban J connectivity index is 1.49. The van der Waals surface area contributed by atoms with Gasteiger partial charge in [0.1, 0.15) is 23.8 Å². The van der Waals surface area contributed by atoms with Crippen LogP contribution in [0.4, 0.5) is 0 Å². The molecule has 3 aromatic rings. The van der Waals surface area contributed by atoms with Crippen molar-refractivity contribution in [2.24, 2.45) is 0 Å². The van der Waals surface area contributed by atoms with Crippen LogP contribution < -0.4 is 14.8 Å². The van der Waals surface area contributed by atoms with Gasteiger partial charge in [0.25, 0.3) is 5.91 Å². The number of rotatable bonds is 7. The van der Waals surface area contributed by atoms with Gasteiger partial charge in [-0.05, 0) is 48.5 Å². The molecular weight excluding hydrogens is 346 g/mol. The molecule has 0 saturated heterocycles. The van der Waals surface area contributed by atoms with Gasteiger partial charge in [-0.15, -0.1) is 0 Å². The molecule has 136 valence electrons. The van der Waals surface area contributed by atoms with Crippen molar-refractivity contribution in [2.45, 2.75) is 13.2 Å². The number of carbonyl (C=O) groups excluding carboxylic acids is 1. The van der Waals surface area contributed by atoms with Crippen LogP contribution in [0.15, 0.2) is 59.1 Å². The van der Waals surface area contributed by atoms with Crippen molar-refractivity contribution in [3.63, 3.8) is 0 Å². The van der Waals surface area contributed by atoms with Gasteiger partial charge in [-0.2, -0.15) is 5.26 Å². The average Bonchev–Trinajstić information content (AvgIpc) is 3.19. The van der Waals surface area contributed by atoms with Crippen molar-refractivity contribution in [2.75, 3.05) is 7.11 Å². The lowest BCUT2D eigenvalue weighted by Gasteiger charge is -2.04. The predicted octanol–water partition coefficient (Wildman–Crippen LogP) is 3.06. The minimum Gasteiger partial charge on any atom is -0.497 e. The van der Waals surface area contributed by atoms with E-state index in [1.165, 1.54) is 0 Å². The molecule has 0 aliphatic carbocycles. The highest BCUT2D eigenvalue weighted by Gasteiger charge is 2.09. The summed E-state index contributed by atoms with van der Waals surface area (Å²) in [7, 11) is 1.57. The molecule has 7 nitrogen and oxygen atoms in total. The number of nitrogens with zero attached hydrogens (tertiary/aromatic N) is 2. The number of hydrogen-bond acceptors (Lipinski definition) is 6. The van der Waals surface area contributed by atoms with E-state index >= 15 is 0 Å². The van der Waals surface area contributed by atoms with Crippen molar-refractivity contribution in [3.8, 4) is 17.6 Å². The van der Waals surface area contributed by atoms with Crippen LogP contribution >= 0.6 is 0 Å². The zero-order valence-electron chi connectivity index (χ0n) is 14.6. The Bertz CT molecular complexity index is 941. The van der Waals surface area contributed by atoms with E-state index < -0.39 is 0 Å². The van der Waals surface area contributed by atoms with Crippen LogP contribution in [-0.2, 0) is 13.2 Å². The number of amides is 1. The van der Waals surface area contributed by atoms with Gasteiger partial charge in [0.05, 0.1) is 25.3 Å². The van der Waals surface area contributed by atoms with E-state index in [1.54, 1.807) is 61.7 Å². The molecular formula is C20H17N3O4. The summed E-state index contributed by atoms with van der Waals surface area (Å²) in [6.07, 6.45) is 0. The number of aromatic nitrogens is 1. The first-order valence-electron chi connectivity index (χ1n) is 8.17. The third-order valence-corrected chi connectivity index (χ3v) is 3.75. The van der Waals surface area contributed by atoms with Crippen molar-refractivity contribution >= 4 is 5.91 Å². The van der Waals surface area contributed by atoms with Gasteiger partial charge in [0.2, 0.25) is 0 Å². The lowest BCUT2D eigenvalue weighted by atomic mass is 10.2. The monoisotopic (exact) mass is 363 g/mol. The second-order valence-electron chi connectivity index (χ2n) is 5.62. The van der Waals surface area contributed by atoms with Gasteiger partial charge in [0, 0.05) is 11.6 Å². The van der Waals surface area contributed by atoms with E-state index in [0.717, 1.165) is 0 Å². The maximum absolute atomic E-state index is 12.1. The maximum Gasteiger partial charge on any atom is 0.251 e. The molecule has 0 radical (unpaired) electrons. The smallest absolute Gasteiger partial charge is 0.251 e. The number of nitrogens with one attached hydrogen (secondary N) is 1. The van der Waals surface area contributed by atoms with Crippen molar-refractivity contribution in [1.82, 2.24) is 10.5 Å². The van der Waals surface area contributed by atoms with Gasteiger partial charge in [-0.3, -0.25) is 4.79 Å². The highest BCUT2D eigenvalue weighted by atomic mass is 16.5. The summed E-state index contributed by atoms with van der Waals surface area (Å²) in [5.74, 6) is 1.62. The Morgan fingerprint density at radius 2 is 1.85 bits per heavy atom. The highest BCUT2D eigenvalue weighted by Crippen LogP contribution is 2.14. The zero-order chi connectivity index (χ0) is 19.1. The second-order valence-corrected chi connectivity index (χ2v) is 5.62. The van der Waals surface area contributed by atoms with Crippen LogP contribution in [0.1, 0.15) is 27.4 Å². The van der Waals surface area contributed by atoms with Crippen LogP contribution in [0.25, 0.3) is 0 Å². The molecule has 0 bridgehead atoms. The van der Waals surface area contributed by atoms with E-state index in [2.05, 4.69) is 10.5 Å². The fraction of sp³-hybridized carbons (Fsp3) is 0.150. The fourth-order valence-corrected chi connectivity index (χ4v) is 2.30.